The van der Waals surface area contributed by atoms with E-state index >= 15 is 0 Å². The lowest BCUT2D eigenvalue weighted by Gasteiger charge is -2.10. The van der Waals surface area contributed by atoms with Crippen molar-refractivity contribution in [2.24, 2.45) is 0 Å². The van der Waals surface area contributed by atoms with Crippen LogP contribution in [0.5, 0.6) is 5.75 Å². The van der Waals surface area contributed by atoms with Crippen LogP contribution in [0, 0.1) is 0 Å². The molecule has 4 rings (SSSR count). The number of hydrogen-bond donors (Lipinski definition) is 2. The molecule has 0 fully saturated rings. The van der Waals surface area contributed by atoms with Crippen LogP contribution in [0.1, 0.15) is 11.1 Å². The number of pyridine rings is 1. The Bertz CT molecular complexity index is 1390. The minimum Gasteiger partial charge on any atom is -0.493 e. The lowest BCUT2D eigenvalue weighted by atomic mass is 10.1. The summed E-state index contributed by atoms with van der Waals surface area (Å²) in [6.45, 7) is 0.231. The van der Waals surface area contributed by atoms with E-state index in [1.165, 1.54) is 36.5 Å². The summed E-state index contributed by atoms with van der Waals surface area (Å²) in [5.74, 6) is 0.327. The molecule has 0 aliphatic carbocycles. The molecule has 0 atom stereocenters. The number of nitrogens with one attached hydrogen (secondary N) is 2. The summed E-state index contributed by atoms with van der Waals surface area (Å²) in [5.41, 5.74) is 1.18. The van der Waals surface area contributed by atoms with Crippen LogP contribution in [0.3, 0.4) is 0 Å². The average molecular weight is 496 g/mol. The van der Waals surface area contributed by atoms with E-state index in [1.807, 2.05) is 12.1 Å². The van der Waals surface area contributed by atoms with Gasteiger partial charge in [0.05, 0.1) is 17.9 Å². The van der Waals surface area contributed by atoms with Gasteiger partial charge in [-0.05, 0) is 54.1 Å². The van der Waals surface area contributed by atoms with Crippen molar-refractivity contribution in [3.05, 3.63) is 83.1 Å². The van der Waals surface area contributed by atoms with E-state index in [0.717, 1.165) is 23.2 Å². The number of nitrogens with zero attached hydrogens (tertiary/aromatic N) is 1. The Balaban J connectivity index is 1.45. The molecule has 0 saturated carbocycles. The molecule has 0 bridgehead atoms. The molecule has 2 aromatic heterocycles. The largest absolute Gasteiger partial charge is 0.493 e. The predicted octanol–water partition coefficient (Wildman–Crippen LogP) is 5.66. The van der Waals surface area contributed by atoms with Gasteiger partial charge in [-0.25, -0.2) is 4.98 Å². The first-order valence-corrected chi connectivity index (χ1v) is 11.5. The summed E-state index contributed by atoms with van der Waals surface area (Å²) >= 11 is 5.80. The highest BCUT2D eigenvalue weighted by atomic mass is 35.5. The highest BCUT2D eigenvalue weighted by molar-refractivity contribution is 7.92. The molecule has 2 heterocycles. The van der Waals surface area contributed by atoms with Crippen molar-refractivity contribution in [3.63, 3.8) is 0 Å². The Labute approximate surface area is 192 Å². The molecular formula is C22H17ClF3N3O3S. The van der Waals surface area contributed by atoms with Crippen molar-refractivity contribution >= 4 is 38.2 Å². The molecule has 0 unspecified atom stereocenters. The first kappa shape index (κ1) is 22.9. The van der Waals surface area contributed by atoms with E-state index in [2.05, 4.69) is 14.7 Å². The van der Waals surface area contributed by atoms with Gasteiger partial charge in [-0.1, -0.05) is 23.7 Å². The summed E-state index contributed by atoms with van der Waals surface area (Å²) in [6.07, 6.45) is -2.40. The molecule has 0 spiro atoms. The maximum absolute atomic E-state index is 12.7. The Hall–Kier alpha value is -3.24. The van der Waals surface area contributed by atoms with Crippen LogP contribution in [0.2, 0.25) is 5.15 Å². The maximum atomic E-state index is 12.7. The second kappa shape index (κ2) is 8.95. The van der Waals surface area contributed by atoms with Crippen LogP contribution >= 0.6 is 11.6 Å². The first-order chi connectivity index (χ1) is 15.6. The van der Waals surface area contributed by atoms with Gasteiger partial charge in [0.25, 0.3) is 10.0 Å². The Morgan fingerprint density at radius 1 is 1.06 bits per heavy atom. The topological polar surface area (TPSA) is 84.1 Å². The number of anilines is 1. The minimum absolute atomic E-state index is 0.0622. The zero-order valence-electron chi connectivity index (χ0n) is 16.9. The third-order valence-corrected chi connectivity index (χ3v) is 6.27. The van der Waals surface area contributed by atoms with Crippen LogP contribution in [0.15, 0.2) is 71.9 Å². The number of aromatic amines is 1. The van der Waals surface area contributed by atoms with Crippen molar-refractivity contribution in [1.29, 1.82) is 0 Å². The van der Waals surface area contributed by atoms with Crippen molar-refractivity contribution in [2.45, 2.75) is 17.6 Å². The monoisotopic (exact) mass is 495 g/mol. The zero-order chi connectivity index (χ0) is 23.6. The van der Waals surface area contributed by atoms with Crippen LogP contribution in [-0.4, -0.2) is 25.0 Å². The van der Waals surface area contributed by atoms with Crippen molar-refractivity contribution < 1.29 is 26.3 Å². The van der Waals surface area contributed by atoms with E-state index in [0.29, 0.717) is 23.2 Å². The Morgan fingerprint density at radius 2 is 1.82 bits per heavy atom. The van der Waals surface area contributed by atoms with Gasteiger partial charge in [0, 0.05) is 23.5 Å². The highest BCUT2D eigenvalue weighted by Crippen LogP contribution is 2.30. The summed E-state index contributed by atoms with van der Waals surface area (Å²) in [6, 6.07) is 14.3. The third-order valence-electron chi connectivity index (χ3n) is 4.80. The van der Waals surface area contributed by atoms with Gasteiger partial charge in [0.2, 0.25) is 0 Å². The number of hydrogen-bond acceptors (Lipinski definition) is 4. The van der Waals surface area contributed by atoms with Gasteiger partial charge < -0.3 is 9.72 Å². The van der Waals surface area contributed by atoms with Crippen LogP contribution < -0.4 is 9.46 Å². The molecule has 0 aliphatic rings. The SMILES string of the molecule is O=S(=O)(Nc1c[nH]c2ccc(CCOc3ccc(C(F)(F)F)cc3)cc12)c1cccc(Cl)n1. The molecule has 11 heteroatoms. The second-order valence-corrected chi connectivity index (χ2v) is 9.12. The number of aromatic nitrogens is 2. The van der Waals surface area contributed by atoms with Gasteiger partial charge >= 0.3 is 6.18 Å². The summed E-state index contributed by atoms with van der Waals surface area (Å²) in [4.78, 5) is 6.84. The summed E-state index contributed by atoms with van der Waals surface area (Å²) in [5, 5.41) is 0.505. The Kier molecular flexibility index (Phi) is 6.22. The molecule has 33 heavy (non-hydrogen) atoms. The maximum Gasteiger partial charge on any atom is 0.416 e. The number of sulfonamides is 1. The predicted molar refractivity (Wildman–Crippen MR) is 119 cm³/mol. The van der Waals surface area contributed by atoms with E-state index < -0.39 is 21.8 Å². The number of H-pyrrole nitrogens is 1. The minimum atomic E-state index is -4.40. The number of halogens is 4. The molecule has 6 nitrogen and oxygen atoms in total. The molecule has 0 amide bonds. The fraction of sp³-hybridized carbons (Fsp3) is 0.136. The van der Waals surface area contributed by atoms with Crippen molar-refractivity contribution in [2.75, 3.05) is 11.3 Å². The van der Waals surface area contributed by atoms with Gasteiger partial charge in [0.15, 0.2) is 5.03 Å². The molecule has 0 aliphatic heterocycles. The number of rotatable bonds is 7. The first-order valence-electron chi connectivity index (χ1n) is 9.67. The molecule has 172 valence electrons. The number of benzene rings is 2. The van der Waals surface area contributed by atoms with Gasteiger partial charge in [-0.3, -0.25) is 4.72 Å². The fourth-order valence-electron chi connectivity index (χ4n) is 3.17. The lowest BCUT2D eigenvalue weighted by molar-refractivity contribution is -0.137. The van der Waals surface area contributed by atoms with E-state index in [1.54, 1.807) is 6.07 Å². The Morgan fingerprint density at radius 3 is 2.52 bits per heavy atom. The second-order valence-electron chi connectivity index (χ2n) is 7.11. The van der Waals surface area contributed by atoms with E-state index in [9.17, 15) is 21.6 Å². The molecule has 0 saturated heterocycles. The summed E-state index contributed by atoms with van der Waals surface area (Å²) in [7, 11) is -3.95. The zero-order valence-corrected chi connectivity index (χ0v) is 18.4. The normalized spacial score (nSPS) is 12.1. The lowest BCUT2D eigenvalue weighted by Crippen LogP contribution is -2.14. The number of fused-ring (bicyclic) bond motifs is 1. The molecule has 0 radical (unpaired) electrons. The van der Waals surface area contributed by atoms with Crippen LogP contribution in [0.4, 0.5) is 18.9 Å². The van der Waals surface area contributed by atoms with Crippen molar-refractivity contribution in [3.8, 4) is 5.75 Å². The smallest absolute Gasteiger partial charge is 0.416 e. The highest BCUT2D eigenvalue weighted by Gasteiger charge is 2.30. The van der Waals surface area contributed by atoms with Crippen molar-refractivity contribution in [1.82, 2.24) is 9.97 Å². The van der Waals surface area contributed by atoms with Gasteiger partial charge in [0.1, 0.15) is 10.9 Å². The number of ether oxygens (including phenoxy) is 1. The van der Waals surface area contributed by atoms with E-state index in [4.69, 9.17) is 16.3 Å². The van der Waals surface area contributed by atoms with Crippen LogP contribution in [-0.2, 0) is 22.6 Å². The van der Waals surface area contributed by atoms with E-state index in [-0.39, 0.29) is 16.8 Å². The molecular weight excluding hydrogens is 479 g/mol. The number of alkyl halides is 3. The van der Waals surface area contributed by atoms with Gasteiger partial charge in [-0.2, -0.15) is 21.6 Å². The van der Waals surface area contributed by atoms with Crippen LogP contribution in [0.25, 0.3) is 10.9 Å². The summed E-state index contributed by atoms with van der Waals surface area (Å²) < 4.78 is 71.3. The quantitative estimate of drug-likeness (QED) is 0.324. The molecule has 2 aromatic carbocycles. The molecule has 4 aromatic rings. The fourth-order valence-corrected chi connectivity index (χ4v) is 4.42. The third kappa shape index (κ3) is 5.40. The average Bonchev–Trinajstić information content (AvgIpc) is 3.15. The standard InChI is InChI=1S/C22H17ClF3N3O3S/c23-20-2-1-3-21(28-20)33(30,31)29-19-13-27-18-9-4-14(12-17(18)19)10-11-32-16-7-5-15(6-8-16)22(24,25)26/h1-9,12-13,27,29H,10-11H2. The molecule has 2 N–H and O–H groups in total. The van der Waals surface area contributed by atoms with Gasteiger partial charge in [-0.15, -0.1) is 0 Å².